The molecule has 20 heavy (non-hydrogen) atoms. The van der Waals surface area contributed by atoms with Crippen LogP contribution in [-0.4, -0.2) is 23.4 Å². The Kier molecular flexibility index (Phi) is 5.24. The van der Waals surface area contributed by atoms with Crippen LogP contribution in [0.5, 0.6) is 5.75 Å². The first-order valence-corrected chi connectivity index (χ1v) is 7.48. The normalized spacial score (nSPS) is 22.5. The zero-order chi connectivity index (χ0) is 14.5. The quantitative estimate of drug-likeness (QED) is 0.838. The number of phenols is 1. The maximum atomic E-state index is 13.1. The number of phenolic OH excluding ortho intramolecular Hbond substituents is 1. The Morgan fingerprint density at radius 2 is 2.05 bits per heavy atom. The molecule has 2 atom stereocenters. The van der Waals surface area contributed by atoms with Crippen LogP contribution >= 0.6 is 11.6 Å². The summed E-state index contributed by atoms with van der Waals surface area (Å²) in [5.41, 5.74) is -0.0248. The van der Waals surface area contributed by atoms with Crippen molar-refractivity contribution in [2.75, 3.05) is 12.4 Å². The lowest BCUT2D eigenvalue weighted by atomic mass is 9.80. The van der Waals surface area contributed by atoms with Gasteiger partial charge in [-0.3, -0.25) is 4.79 Å². The minimum absolute atomic E-state index is 0.0248. The maximum absolute atomic E-state index is 13.1. The largest absolute Gasteiger partial charge is 0.507 e. The first kappa shape index (κ1) is 15.1. The van der Waals surface area contributed by atoms with Crippen LogP contribution in [0.1, 0.15) is 36.0 Å². The highest BCUT2D eigenvalue weighted by Crippen LogP contribution is 2.30. The third kappa shape index (κ3) is 3.63. The second-order valence-corrected chi connectivity index (χ2v) is 5.64. The average Bonchev–Trinajstić information content (AvgIpc) is 2.47. The fraction of sp³-hybridized carbons (Fsp3) is 0.533. The van der Waals surface area contributed by atoms with Gasteiger partial charge in [0.1, 0.15) is 11.6 Å². The van der Waals surface area contributed by atoms with E-state index in [2.05, 4.69) is 5.32 Å². The number of amides is 1. The second kappa shape index (κ2) is 6.93. The predicted octanol–water partition coefficient (Wildman–Crippen LogP) is 3.31. The van der Waals surface area contributed by atoms with Gasteiger partial charge in [-0.05, 0) is 42.9 Å². The Labute approximate surface area is 123 Å². The number of carbonyl (C=O) groups excluding carboxylic acids is 1. The van der Waals surface area contributed by atoms with Gasteiger partial charge in [-0.2, -0.15) is 0 Å². The standard InChI is InChI=1S/C15H19ClFNO2/c16-8-10-3-1-2-4-11(10)9-18-15(20)13-7-12(17)5-6-14(13)19/h5-7,10-11,19H,1-4,8-9H2,(H,18,20). The summed E-state index contributed by atoms with van der Waals surface area (Å²) >= 11 is 5.95. The molecule has 110 valence electrons. The SMILES string of the molecule is O=C(NCC1CCCCC1CCl)c1cc(F)ccc1O. The molecule has 0 heterocycles. The van der Waals surface area contributed by atoms with Crippen molar-refractivity contribution in [3.05, 3.63) is 29.6 Å². The molecule has 0 aliphatic heterocycles. The number of rotatable bonds is 4. The van der Waals surface area contributed by atoms with Gasteiger partial charge in [-0.25, -0.2) is 4.39 Å². The topological polar surface area (TPSA) is 49.3 Å². The Hall–Kier alpha value is -1.29. The molecule has 1 aromatic carbocycles. The van der Waals surface area contributed by atoms with Crippen molar-refractivity contribution in [3.63, 3.8) is 0 Å². The fourth-order valence-electron chi connectivity index (χ4n) is 2.77. The number of hydrogen-bond acceptors (Lipinski definition) is 2. The van der Waals surface area contributed by atoms with Gasteiger partial charge >= 0.3 is 0 Å². The molecule has 1 saturated carbocycles. The molecule has 2 rings (SSSR count). The molecule has 1 fully saturated rings. The lowest BCUT2D eigenvalue weighted by molar-refractivity contribution is 0.0933. The van der Waals surface area contributed by atoms with E-state index in [0.29, 0.717) is 24.3 Å². The molecule has 2 N–H and O–H groups in total. The van der Waals surface area contributed by atoms with Gasteiger partial charge < -0.3 is 10.4 Å². The fourth-order valence-corrected chi connectivity index (χ4v) is 3.17. The first-order chi connectivity index (χ1) is 9.61. The van der Waals surface area contributed by atoms with Crippen molar-refractivity contribution in [1.29, 1.82) is 0 Å². The third-order valence-electron chi connectivity index (χ3n) is 3.99. The lowest BCUT2D eigenvalue weighted by Gasteiger charge is -2.30. The molecule has 5 heteroatoms. The van der Waals surface area contributed by atoms with Gasteiger partial charge in [0.05, 0.1) is 5.56 Å². The molecule has 0 aromatic heterocycles. The van der Waals surface area contributed by atoms with Crippen molar-refractivity contribution in [2.45, 2.75) is 25.7 Å². The summed E-state index contributed by atoms with van der Waals surface area (Å²) in [6.07, 6.45) is 4.48. The molecule has 0 radical (unpaired) electrons. The van der Waals surface area contributed by atoms with Crippen LogP contribution in [0.25, 0.3) is 0 Å². The monoisotopic (exact) mass is 299 g/mol. The van der Waals surface area contributed by atoms with Crippen molar-refractivity contribution >= 4 is 17.5 Å². The highest BCUT2D eigenvalue weighted by atomic mass is 35.5. The van der Waals surface area contributed by atoms with Gasteiger partial charge in [-0.1, -0.05) is 12.8 Å². The zero-order valence-electron chi connectivity index (χ0n) is 11.2. The van der Waals surface area contributed by atoms with E-state index in [1.807, 2.05) is 0 Å². The van der Waals surface area contributed by atoms with Crippen LogP contribution in [0.3, 0.4) is 0 Å². The zero-order valence-corrected chi connectivity index (χ0v) is 12.0. The molecule has 1 amide bonds. The lowest BCUT2D eigenvalue weighted by Crippen LogP contribution is -2.35. The van der Waals surface area contributed by atoms with Gasteiger partial charge in [0.25, 0.3) is 5.91 Å². The van der Waals surface area contributed by atoms with Gasteiger partial charge in [0, 0.05) is 12.4 Å². The molecular formula is C15H19ClFNO2. The van der Waals surface area contributed by atoms with Crippen LogP contribution in [-0.2, 0) is 0 Å². The summed E-state index contributed by atoms with van der Waals surface area (Å²) in [7, 11) is 0. The predicted molar refractivity (Wildman–Crippen MR) is 76.6 cm³/mol. The van der Waals surface area contributed by atoms with Gasteiger partial charge in [0.2, 0.25) is 0 Å². The van der Waals surface area contributed by atoms with Crippen LogP contribution in [0.15, 0.2) is 18.2 Å². The minimum Gasteiger partial charge on any atom is -0.507 e. The summed E-state index contributed by atoms with van der Waals surface area (Å²) in [5, 5.41) is 12.4. The molecule has 1 aliphatic carbocycles. The van der Waals surface area contributed by atoms with E-state index >= 15 is 0 Å². The van der Waals surface area contributed by atoms with Crippen LogP contribution in [0.2, 0.25) is 0 Å². The average molecular weight is 300 g/mol. The summed E-state index contributed by atoms with van der Waals surface area (Å²) in [6, 6.07) is 3.35. The molecule has 0 spiro atoms. The Bertz CT molecular complexity index is 481. The van der Waals surface area contributed by atoms with Gasteiger partial charge in [-0.15, -0.1) is 11.6 Å². The number of nitrogens with one attached hydrogen (secondary N) is 1. The third-order valence-corrected chi connectivity index (χ3v) is 4.39. The smallest absolute Gasteiger partial charge is 0.255 e. The highest BCUT2D eigenvalue weighted by molar-refractivity contribution is 6.18. The number of halogens is 2. The van der Waals surface area contributed by atoms with E-state index in [1.165, 1.54) is 12.5 Å². The van der Waals surface area contributed by atoms with E-state index in [4.69, 9.17) is 11.6 Å². The molecular weight excluding hydrogens is 281 g/mol. The van der Waals surface area contributed by atoms with E-state index in [9.17, 15) is 14.3 Å². The van der Waals surface area contributed by atoms with Gasteiger partial charge in [0.15, 0.2) is 0 Å². The van der Waals surface area contributed by atoms with Crippen molar-refractivity contribution in [2.24, 2.45) is 11.8 Å². The summed E-state index contributed by atoms with van der Waals surface area (Å²) < 4.78 is 13.1. The number of carbonyl (C=O) groups is 1. The molecule has 1 aromatic rings. The first-order valence-electron chi connectivity index (χ1n) is 6.94. The molecule has 0 saturated heterocycles. The molecule has 0 bridgehead atoms. The number of hydrogen-bond donors (Lipinski definition) is 2. The van der Waals surface area contributed by atoms with E-state index in [0.717, 1.165) is 31.4 Å². The van der Waals surface area contributed by atoms with E-state index < -0.39 is 11.7 Å². The Balaban J connectivity index is 1.96. The van der Waals surface area contributed by atoms with Crippen LogP contribution < -0.4 is 5.32 Å². The van der Waals surface area contributed by atoms with Crippen LogP contribution in [0.4, 0.5) is 4.39 Å². The highest BCUT2D eigenvalue weighted by Gasteiger charge is 2.25. The summed E-state index contributed by atoms with van der Waals surface area (Å²) in [4.78, 5) is 12.0. The summed E-state index contributed by atoms with van der Waals surface area (Å²) in [6.45, 7) is 0.520. The number of benzene rings is 1. The summed E-state index contributed by atoms with van der Waals surface area (Å²) in [5.74, 6) is 0.200. The van der Waals surface area contributed by atoms with E-state index in [1.54, 1.807) is 0 Å². The molecule has 2 unspecified atom stereocenters. The Morgan fingerprint density at radius 3 is 2.75 bits per heavy atom. The van der Waals surface area contributed by atoms with Crippen molar-refractivity contribution in [1.82, 2.24) is 5.32 Å². The van der Waals surface area contributed by atoms with Crippen molar-refractivity contribution < 1.29 is 14.3 Å². The second-order valence-electron chi connectivity index (χ2n) is 5.33. The molecule has 1 aliphatic rings. The Morgan fingerprint density at radius 1 is 1.35 bits per heavy atom. The van der Waals surface area contributed by atoms with Crippen LogP contribution in [0, 0.1) is 17.7 Å². The number of alkyl halides is 1. The van der Waals surface area contributed by atoms with E-state index in [-0.39, 0.29) is 11.3 Å². The number of aromatic hydroxyl groups is 1. The maximum Gasteiger partial charge on any atom is 0.255 e. The van der Waals surface area contributed by atoms with Crippen molar-refractivity contribution in [3.8, 4) is 5.75 Å². The minimum atomic E-state index is -0.538. The molecule has 3 nitrogen and oxygen atoms in total.